The number of unbranched alkanes of at least 4 members (excludes halogenated alkanes) is 3. The molecule has 0 bridgehead atoms. The first-order valence-corrected chi connectivity index (χ1v) is 6.14. The van der Waals surface area contributed by atoms with Gasteiger partial charge in [-0.15, -0.1) is 0 Å². The highest BCUT2D eigenvalue weighted by Crippen LogP contribution is 2.02. The van der Waals surface area contributed by atoms with E-state index in [0.29, 0.717) is 12.2 Å². The zero-order chi connectivity index (χ0) is 12.4. The molecule has 0 radical (unpaired) electrons. The Morgan fingerprint density at radius 1 is 1.25 bits per heavy atom. The van der Waals surface area contributed by atoms with Crippen LogP contribution in [0.25, 0.3) is 0 Å². The van der Waals surface area contributed by atoms with Crippen LogP contribution in [0.4, 0.5) is 0 Å². The quantitative estimate of drug-likeness (QED) is 0.292. The molecule has 0 heterocycles. The molecule has 6 heteroatoms. The molecule has 0 aliphatic rings. The third-order valence-corrected chi connectivity index (χ3v) is 2.17. The molecule has 0 spiro atoms. The van der Waals surface area contributed by atoms with E-state index in [1.165, 1.54) is 0 Å². The van der Waals surface area contributed by atoms with Gasteiger partial charge in [-0.05, 0) is 26.2 Å². The monoisotopic (exact) mass is 250 g/mol. The van der Waals surface area contributed by atoms with Gasteiger partial charge in [0.2, 0.25) is 0 Å². The molecule has 0 aliphatic carbocycles. The summed E-state index contributed by atoms with van der Waals surface area (Å²) in [5, 5.41) is 0. The highest BCUT2D eigenvalue weighted by molar-refractivity contribution is 7.74. The molecule has 0 saturated heterocycles. The highest BCUT2D eigenvalue weighted by Gasteiger charge is 2.01. The van der Waals surface area contributed by atoms with Crippen LogP contribution in [-0.4, -0.2) is 27.9 Å². The van der Waals surface area contributed by atoms with Crippen LogP contribution < -0.4 is 0 Å². The van der Waals surface area contributed by atoms with E-state index in [1.807, 2.05) is 0 Å². The third kappa shape index (κ3) is 9.82. The van der Waals surface area contributed by atoms with Crippen LogP contribution in [0.2, 0.25) is 0 Å². The molecule has 0 aromatic heterocycles. The van der Waals surface area contributed by atoms with Crippen LogP contribution >= 0.6 is 0 Å². The van der Waals surface area contributed by atoms with Gasteiger partial charge in [-0.3, -0.25) is 8.74 Å². The first kappa shape index (κ1) is 15.3. The molecule has 1 N–H and O–H groups in total. The zero-order valence-electron chi connectivity index (χ0n) is 9.44. The maximum atomic E-state index is 10.9. The van der Waals surface area contributed by atoms with Crippen molar-refractivity contribution >= 4 is 17.3 Å². The Morgan fingerprint density at radius 2 is 1.81 bits per heavy atom. The van der Waals surface area contributed by atoms with Gasteiger partial charge in [0, 0.05) is 5.57 Å². The fourth-order valence-electron chi connectivity index (χ4n) is 0.976. The van der Waals surface area contributed by atoms with Gasteiger partial charge in [0.25, 0.3) is 0 Å². The second-order valence-electron chi connectivity index (χ2n) is 3.37. The maximum absolute atomic E-state index is 10.9. The number of ether oxygens (including phenoxy) is 1. The molecular formula is C10H18O5S. The molecule has 0 fully saturated rings. The summed E-state index contributed by atoms with van der Waals surface area (Å²) >= 11 is -2.16. The molecule has 1 atom stereocenters. The predicted octanol–water partition coefficient (Wildman–Crippen LogP) is 1.82. The van der Waals surface area contributed by atoms with E-state index >= 15 is 0 Å². The van der Waals surface area contributed by atoms with Crippen LogP contribution in [-0.2, 0) is 25.1 Å². The third-order valence-electron chi connectivity index (χ3n) is 1.80. The fourth-order valence-corrected chi connectivity index (χ4v) is 1.24. The van der Waals surface area contributed by atoms with E-state index in [1.54, 1.807) is 6.92 Å². The summed E-state index contributed by atoms with van der Waals surface area (Å²) < 4.78 is 27.7. The van der Waals surface area contributed by atoms with Gasteiger partial charge in [-0.1, -0.05) is 13.0 Å². The Hall–Kier alpha value is -0.720. The number of rotatable bonds is 9. The topological polar surface area (TPSA) is 72.8 Å². The molecule has 16 heavy (non-hydrogen) atoms. The van der Waals surface area contributed by atoms with Crippen LogP contribution in [0.1, 0.15) is 32.6 Å². The van der Waals surface area contributed by atoms with Gasteiger partial charge in [-0.25, -0.2) is 4.79 Å². The molecule has 94 valence electrons. The maximum Gasteiger partial charge on any atom is 0.333 e. The summed E-state index contributed by atoms with van der Waals surface area (Å²) in [5.74, 6) is -0.362. The Bertz CT molecular complexity index is 252. The average Bonchev–Trinajstić information content (AvgIpc) is 2.21. The van der Waals surface area contributed by atoms with Crippen LogP contribution in [0.15, 0.2) is 12.2 Å². The van der Waals surface area contributed by atoms with Gasteiger partial charge >= 0.3 is 17.3 Å². The summed E-state index contributed by atoms with van der Waals surface area (Å²) in [6.45, 7) is 5.73. The Kier molecular flexibility index (Phi) is 9.07. The lowest BCUT2D eigenvalue weighted by Crippen LogP contribution is -2.06. The number of carbonyl (C=O) groups excluding carboxylic acids is 1. The minimum Gasteiger partial charge on any atom is -0.462 e. The number of hydrogen-bond acceptors (Lipinski definition) is 4. The number of hydrogen-bond donors (Lipinski definition) is 1. The van der Waals surface area contributed by atoms with E-state index in [-0.39, 0.29) is 12.6 Å². The Labute approximate surface area is 98.3 Å². The van der Waals surface area contributed by atoms with Crippen molar-refractivity contribution < 1.29 is 22.5 Å². The summed E-state index contributed by atoms with van der Waals surface area (Å²) in [6, 6.07) is 0. The second-order valence-corrected chi connectivity index (χ2v) is 4.04. The van der Waals surface area contributed by atoms with Crippen molar-refractivity contribution in [2.24, 2.45) is 0 Å². The SMILES string of the molecule is C=C(C)C(=O)OCCCCCCOS(=O)O. The molecule has 5 nitrogen and oxygen atoms in total. The van der Waals surface area contributed by atoms with Crippen molar-refractivity contribution in [1.29, 1.82) is 0 Å². The second kappa shape index (κ2) is 9.50. The summed E-state index contributed by atoms with van der Waals surface area (Å²) in [5.41, 5.74) is 0.402. The first-order chi connectivity index (χ1) is 7.54. The molecule has 0 saturated carbocycles. The summed E-state index contributed by atoms with van der Waals surface area (Å²) in [7, 11) is 0. The van der Waals surface area contributed by atoms with Crippen molar-refractivity contribution in [1.82, 2.24) is 0 Å². The van der Waals surface area contributed by atoms with Crippen molar-refractivity contribution in [2.45, 2.75) is 32.6 Å². The number of carbonyl (C=O) groups is 1. The van der Waals surface area contributed by atoms with Crippen LogP contribution in [0, 0.1) is 0 Å². The lowest BCUT2D eigenvalue weighted by Gasteiger charge is -2.03. The molecule has 0 aromatic carbocycles. The summed E-state index contributed by atoms with van der Waals surface area (Å²) in [6.07, 6.45) is 3.27. The van der Waals surface area contributed by atoms with Crippen LogP contribution in [0.5, 0.6) is 0 Å². The minimum atomic E-state index is -2.16. The average molecular weight is 250 g/mol. The Morgan fingerprint density at radius 3 is 2.31 bits per heavy atom. The van der Waals surface area contributed by atoms with Gasteiger partial charge in [0.1, 0.15) is 0 Å². The van der Waals surface area contributed by atoms with Gasteiger partial charge in [0.15, 0.2) is 0 Å². The van der Waals surface area contributed by atoms with Gasteiger partial charge < -0.3 is 4.74 Å². The molecule has 0 amide bonds. The normalized spacial score (nSPS) is 12.1. The van der Waals surface area contributed by atoms with Crippen molar-refractivity contribution in [3.63, 3.8) is 0 Å². The van der Waals surface area contributed by atoms with E-state index in [4.69, 9.17) is 9.29 Å². The minimum absolute atomic E-state index is 0.272. The zero-order valence-corrected chi connectivity index (χ0v) is 10.3. The first-order valence-electron chi connectivity index (χ1n) is 5.11. The van der Waals surface area contributed by atoms with Crippen molar-refractivity contribution in [2.75, 3.05) is 13.2 Å². The van der Waals surface area contributed by atoms with E-state index in [2.05, 4.69) is 10.8 Å². The molecule has 1 unspecified atom stereocenters. The van der Waals surface area contributed by atoms with E-state index in [0.717, 1.165) is 25.7 Å². The smallest absolute Gasteiger partial charge is 0.333 e. The van der Waals surface area contributed by atoms with Gasteiger partial charge in [-0.2, -0.15) is 4.21 Å². The van der Waals surface area contributed by atoms with Crippen molar-refractivity contribution in [3.8, 4) is 0 Å². The van der Waals surface area contributed by atoms with E-state index < -0.39 is 11.4 Å². The molecule has 0 aliphatic heterocycles. The fraction of sp³-hybridized carbons (Fsp3) is 0.700. The van der Waals surface area contributed by atoms with E-state index in [9.17, 15) is 9.00 Å². The molecule has 0 aromatic rings. The Balaban J connectivity index is 3.19. The summed E-state index contributed by atoms with van der Waals surface area (Å²) in [4.78, 5) is 10.9. The predicted molar refractivity (Wildman–Crippen MR) is 61.0 cm³/mol. The van der Waals surface area contributed by atoms with Gasteiger partial charge in [0.05, 0.1) is 13.2 Å². The highest BCUT2D eigenvalue weighted by atomic mass is 32.2. The van der Waals surface area contributed by atoms with Crippen LogP contribution in [0.3, 0.4) is 0 Å². The number of esters is 1. The lowest BCUT2D eigenvalue weighted by atomic mass is 10.2. The lowest BCUT2D eigenvalue weighted by molar-refractivity contribution is -0.139. The standard InChI is InChI=1S/C10H18O5S/c1-9(2)10(11)14-7-5-3-4-6-8-15-16(12)13/h1,3-8H2,2H3,(H,12,13). The molecule has 0 rings (SSSR count). The molecular weight excluding hydrogens is 232 g/mol. The van der Waals surface area contributed by atoms with Crippen molar-refractivity contribution in [3.05, 3.63) is 12.2 Å². The largest absolute Gasteiger partial charge is 0.462 e.